The van der Waals surface area contributed by atoms with E-state index in [-0.39, 0.29) is 5.91 Å². The average molecular weight is 360 g/mol. The molecule has 7 heteroatoms. The number of likely N-dealkylation sites (N-methyl/N-ethyl adjacent to an activating group) is 1. The standard InChI is InChI=1S/C18H22ClN5O/c1-12-4-5-14(10-16(12)19)22-17(25)15-11-20-18(21-13(15)2)24-8-6-23(3)7-9-24/h4-5,10-11H,6-9H2,1-3H3,(H,22,25). The number of piperazine rings is 1. The molecule has 25 heavy (non-hydrogen) atoms. The van der Waals surface area contributed by atoms with Gasteiger partial charge in [0.05, 0.1) is 11.3 Å². The first-order valence-electron chi connectivity index (χ1n) is 8.28. The van der Waals surface area contributed by atoms with Gasteiger partial charge in [0.2, 0.25) is 5.95 Å². The number of halogens is 1. The third kappa shape index (κ3) is 4.08. The second kappa shape index (κ2) is 7.37. The second-order valence-corrected chi connectivity index (χ2v) is 6.78. The summed E-state index contributed by atoms with van der Waals surface area (Å²) in [6.07, 6.45) is 1.60. The third-order valence-corrected chi connectivity index (χ3v) is 4.83. The van der Waals surface area contributed by atoms with Crippen molar-refractivity contribution in [3.05, 3.63) is 46.2 Å². The Balaban J connectivity index is 1.73. The Kier molecular flexibility index (Phi) is 5.20. The summed E-state index contributed by atoms with van der Waals surface area (Å²) in [6, 6.07) is 5.44. The molecule has 1 saturated heterocycles. The molecule has 6 nitrogen and oxygen atoms in total. The van der Waals surface area contributed by atoms with Crippen molar-refractivity contribution in [2.45, 2.75) is 13.8 Å². The summed E-state index contributed by atoms with van der Waals surface area (Å²) in [4.78, 5) is 25.8. The predicted molar refractivity (Wildman–Crippen MR) is 101 cm³/mol. The first-order chi connectivity index (χ1) is 11.9. The minimum atomic E-state index is -0.234. The van der Waals surface area contributed by atoms with Crippen LogP contribution < -0.4 is 10.2 Å². The quantitative estimate of drug-likeness (QED) is 0.913. The Morgan fingerprint density at radius 1 is 1.20 bits per heavy atom. The summed E-state index contributed by atoms with van der Waals surface area (Å²) in [5, 5.41) is 3.47. The SMILES string of the molecule is Cc1ccc(NC(=O)c2cnc(N3CCN(C)CC3)nc2C)cc1Cl. The third-order valence-electron chi connectivity index (χ3n) is 4.43. The first kappa shape index (κ1) is 17.6. The summed E-state index contributed by atoms with van der Waals surface area (Å²) < 4.78 is 0. The summed E-state index contributed by atoms with van der Waals surface area (Å²) in [5.41, 5.74) is 2.76. The van der Waals surface area contributed by atoms with Crippen molar-refractivity contribution < 1.29 is 4.79 Å². The largest absolute Gasteiger partial charge is 0.338 e. The van der Waals surface area contributed by atoms with E-state index in [1.165, 1.54) is 0 Å². The van der Waals surface area contributed by atoms with Crippen LogP contribution in [0.3, 0.4) is 0 Å². The number of hydrogen-bond donors (Lipinski definition) is 1. The number of nitrogens with zero attached hydrogens (tertiary/aromatic N) is 4. The Morgan fingerprint density at radius 2 is 1.92 bits per heavy atom. The molecule has 0 spiro atoms. The summed E-state index contributed by atoms with van der Waals surface area (Å²) in [7, 11) is 2.11. The van der Waals surface area contributed by atoms with Crippen LogP contribution in [0.2, 0.25) is 5.02 Å². The zero-order chi connectivity index (χ0) is 18.0. The normalized spacial score (nSPS) is 15.3. The van der Waals surface area contributed by atoms with Crippen LogP contribution in [0.15, 0.2) is 24.4 Å². The van der Waals surface area contributed by atoms with Crippen LogP contribution in [-0.2, 0) is 0 Å². The van der Waals surface area contributed by atoms with E-state index in [0.29, 0.717) is 27.9 Å². The van der Waals surface area contributed by atoms with Crippen molar-refractivity contribution in [2.24, 2.45) is 0 Å². The molecule has 1 aromatic carbocycles. The monoisotopic (exact) mass is 359 g/mol. The molecule has 0 unspecified atom stereocenters. The number of carbonyl (C=O) groups is 1. The number of benzene rings is 1. The minimum absolute atomic E-state index is 0.234. The van der Waals surface area contributed by atoms with Gasteiger partial charge in [-0.15, -0.1) is 0 Å². The minimum Gasteiger partial charge on any atom is -0.338 e. The van der Waals surface area contributed by atoms with Gasteiger partial charge in [0.1, 0.15) is 0 Å². The molecule has 1 amide bonds. The van der Waals surface area contributed by atoms with E-state index in [9.17, 15) is 4.79 Å². The van der Waals surface area contributed by atoms with E-state index < -0.39 is 0 Å². The maximum absolute atomic E-state index is 12.5. The molecule has 2 heterocycles. The van der Waals surface area contributed by atoms with Crippen LogP contribution in [0.25, 0.3) is 0 Å². The molecule has 0 saturated carbocycles. The fourth-order valence-corrected chi connectivity index (χ4v) is 2.89. The van der Waals surface area contributed by atoms with E-state index in [0.717, 1.165) is 31.7 Å². The van der Waals surface area contributed by atoms with Crippen LogP contribution in [0.5, 0.6) is 0 Å². The lowest BCUT2D eigenvalue weighted by atomic mass is 10.2. The van der Waals surface area contributed by atoms with Gasteiger partial charge in [0.15, 0.2) is 0 Å². The predicted octanol–water partition coefficient (Wildman–Crippen LogP) is 2.75. The van der Waals surface area contributed by atoms with E-state index in [4.69, 9.17) is 11.6 Å². The van der Waals surface area contributed by atoms with E-state index in [2.05, 4.69) is 32.1 Å². The molecular formula is C18H22ClN5O. The van der Waals surface area contributed by atoms with Crippen molar-refractivity contribution in [1.29, 1.82) is 0 Å². The highest BCUT2D eigenvalue weighted by Crippen LogP contribution is 2.21. The van der Waals surface area contributed by atoms with Crippen LogP contribution in [0, 0.1) is 13.8 Å². The molecule has 0 bridgehead atoms. The van der Waals surface area contributed by atoms with Crippen molar-refractivity contribution in [3.63, 3.8) is 0 Å². The van der Waals surface area contributed by atoms with E-state index in [1.807, 2.05) is 26.0 Å². The lowest BCUT2D eigenvalue weighted by molar-refractivity contribution is 0.102. The van der Waals surface area contributed by atoms with Gasteiger partial charge in [-0.05, 0) is 38.6 Å². The molecule has 132 valence electrons. The highest BCUT2D eigenvalue weighted by molar-refractivity contribution is 6.31. The lowest BCUT2D eigenvalue weighted by Crippen LogP contribution is -2.45. The molecule has 1 aliphatic heterocycles. The maximum Gasteiger partial charge on any atom is 0.259 e. The molecule has 0 aliphatic carbocycles. The fraction of sp³-hybridized carbons (Fsp3) is 0.389. The first-order valence-corrected chi connectivity index (χ1v) is 8.66. The number of anilines is 2. The maximum atomic E-state index is 12.5. The van der Waals surface area contributed by atoms with Gasteiger partial charge < -0.3 is 15.1 Å². The van der Waals surface area contributed by atoms with E-state index >= 15 is 0 Å². The van der Waals surface area contributed by atoms with Crippen molar-refractivity contribution in [1.82, 2.24) is 14.9 Å². The summed E-state index contributed by atoms with van der Waals surface area (Å²) >= 11 is 6.11. The van der Waals surface area contributed by atoms with E-state index in [1.54, 1.807) is 12.3 Å². The number of aryl methyl sites for hydroxylation is 2. The Labute approximate surface area is 152 Å². The molecule has 3 rings (SSSR count). The van der Waals surface area contributed by atoms with Crippen molar-refractivity contribution in [3.8, 4) is 0 Å². The fourth-order valence-electron chi connectivity index (χ4n) is 2.71. The molecule has 0 radical (unpaired) electrons. The molecule has 1 N–H and O–H groups in total. The number of amides is 1. The average Bonchev–Trinajstić information content (AvgIpc) is 2.58. The summed E-state index contributed by atoms with van der Waals surface area (Å²) in [6.45, 7) is 7.51. The van der Waals surface area contributed by atoms with Gasteiger partial charge >= 0.3 is 0 Å². The van der Waals surface area contributed by atoms with Gasteiger partial charge in [0, 0.05) is 43.1 Å². The molecule has 1 fully saturated rings. The Hall–Kier alpha value is -2.18. The zero-order valence-electron chi connectivity index (χ0n) is 14.7. The van der Waals surface area contributed by atoms with Gasteiger partial charge in [-0.25, -0.2) is 9.97 Å². The lowest BCUT2D eigenvalue weighted by Gasteiger charge is -2.32. The number of nitrogens with one attached hydrogen (secondary N) is 1. The number of hydrogen-bond acceptors (Lipinski definition) is 5. The molecule has 2 aromatic rings. The molecule has 1 aliphatic rings. The van der Waals surface area contributed by atoms with Crippen LogP contribution in [0.1, 0.15) is 21.6 Å². The molecule has 0 atom stereocenters. The summed E-state index contributed by atoms with van der Waals surface area (Å²) in [5.74, 6) is 0.447. The Bertz CT molecular complexity index is 787. The highest BCUT2D eigenvalue weighted by atomic mass is 35.5. The van der Waals surface area contributed by atoms with Gasteiger partial charge in [-0.3, -0.25) is 4.79 Å². The topological polar surface area (TPSA) is 61.4 Å². The molecular weight excluding hydrogens is 338 g/mol. The van der Waals surface area contributed by atoms with Crippen LogP contribution >= 0.6 is 11.6 Å². The second-order valence-electron chi connectivity index (χ2n) is 6.38. The highest BCUT2D eigenvalue weighted by Gasteiger charge is 2.19. The van der Waals surface area contributed by atoms with Crippen molar-refractivity contribution in [2.75, 3.05) is 43.4 Å². The van der Waals surface area contributed by atoms with Gasteiger partial charge in [0.25, 0.3) is 5.91 Å². The number of carbonyl (C=O) groups excluding carboxylic acids is 1. The van der Waals surface area contributed by atoms with Crippen LogP contribution in [0.4, 0.5) is 11.6 Å². The van der Waals surface area contributed by atoms with Gasteiger partial charge in [-0.2, -0.15) is 0 Å². The molecule has 1 aromatic heterocycles. The number of aromatic nitrogens is 2. The van der Waals surface area contributed by atoms with Crippen LogP contribution in [-0.4, -0.2) is 54.0 Å². The van der Waals surface area contributed by atoms with Crippen molar-refractivity contribution >= 4 is 29.1 Å². The number of rotatable bonds is 3. The Morgan fingerprint density at radius 3 is 2.56 bits per heavy atom. The smallest absolute Gasteiger partial charge is 0.259 e. The zero-order valence-corrected chi connectivity index (χ0v) is 15.5. The van der Waals surface area contributed by atoms with Gasteiger partial charge in [-0.1, -0.05) is 17.7 Å².